The normalized spacial score (nSPS) is 20.3. The van der Waals surface area contributed by atoms with Crippen molar-refractivity contribution < 1.29 is 23.1 Å². The quantitative estimate of drug-likeness (QED) is 0.388. The first-order valence-corrected chi connectivity index (χ1v) is 14.5. The van der Waals surface area contributed by atoms with Gasteiger partial charge in [-0.1, -0.05) is 18.2 Å². The lowest BCUT2D eigenvalue weighted by molar-refractivity contribution is 0.0752. The fraction of sp³-hybridized carbons (Fsp3) is 0.393. The SMILES string of the molecule is CC1COCC(C)N1c1cc(C2(S(=O)(=O)c3ccccc3)CC2)nc(-c2ccc(NC(=O)NCCO)cc2)n1. The molecule has 0 bridgehead atoms. The standard InChI is InChI=1S/C28H33N5O5S/c1-19-17-38-18-20(2)33(19)25-16-24(28(12-13-28)39(36,37)23-6-4-3-5-7-23)31-26(32-25)21-8-10-22(11-9-21)30-27(35)29-14-15-34/h3-11,16,19-20,34H,12-15,17-18H2,1-2H3,(H2,29,30,35). The van der Waals surface area contributed by atoms with Gasteiger partial charge in [-0.25, -0.2) is 23.2 Å². The maximum Gasteiger partial charge on any atom is 0.319 e. The predicted molar refractivity (Wildman–Crippen MR) is 148 cm³/mol. The van der Waals surface area contributed by atoms with Crippen LogP contribution in [0.4, 0.5) is 16.3 Å². The Morgan fingerprint density at radius 1 is 1.05 bits per heavy atom. The number of amides is 2. The molecule has 11 heteroatoms. The number of carbonyl (C=O) groups excluding carboxylic acids is 1. The smallest absolute Gasteiger partial charge is 0.319 e. The molecule has 2 amide bonds. The van der Waals surface area contributed by atoms with Crippen molar-refractivity contribution in [2.75, 3.05) is 36.6 Å². The Kier molecular flexibility index (Phi) is 7.57. The molecule has 206 valence electrons. The minimum absolute atomic E-state index is 0.0502. The second-order valence-electron chi connectivity index (χ2n) is 10.1. The van der Waals surface area contributed by atoms with E-state index in [0.29, 0.717) is 54.6 Å². The zero-order chi connectivity index (χ0) is 27.6. The van der Waals surface area contributed by atoms with Gasteiger partial charge in [0.1, 0.15) is 10.6 Å². The van der Waals surface area contributed by atoms with Gasteiger partial charge in [0.25, 0.3) is 0 Å². The summed E-state index contributed by atoms with van der Waals surface area (Å²) in [4.78, 5) is 24.1. The van der Waals surface area contributed by atoms with Gasteiger partial charge in [-0.05, 0) is 63.1 Å². The van der Waals surface area contributed by atoms with E-state index >= 15 is 0 Å². The molecule has 0 spiro atoms. The Balaban J connectivity index is 1.55. The molecule has 1 saturated heterocycles. The largest absolute Gasteiger partial charge is 0.395 e. The molecule has 0 radical (unpaired) electrons. The molecule has 3 N–H and O–H groups in total. The van der Waals surface area contributed by atoms with Gasteiger partial charge < -0.3 is 25.4 Å². The number of aromatic nitrogens is 2. The summed E-state index contributed by atoms with van der Waals surface area (Å²) in [6.07, 6.45) is 0.973. The third-order valence-electron chi connectivity index (χ3n) is 7.18. The number of hydrogen-bond donors (Lipinski definition) is 3. The number of ether oxygens (including phenoxy) is 1. The molecule has 39 heavy (non-hydrogen) atoms. The summed E-state index contributed by atoms with van der Waals surface area (Å²) in [6, 6.07) is 17.1. The van der Waals surface area contributed by atoms with Crippen LogP contribution in [0.5, 0.6) is 0 Å². The van der Waals surface area contributed by atoms with Crippen LogP contribution in [0.25, 0.3) is 11.4 Å². The number of nitrogens with one attached hydrogen (secondary N) is 2. The highest BCUT2D eigenvalue weighted by molar-refractivity contribution is 7.92. The maximum absolute atomic E-state index is 13.8. The van der Waals surface area contributed by atoms with Crippen molar-refractivity contribution in [1.29, 1.82) is 0 Å². The number of urea groups is 1. The van der Waals surface area contributed by atoms with Gasteiger partial charge in [-0.3, -0.25) is 0 Å². The summed E-state index contributed by atoms with van der Waals surface area (Å²) < 4.78 is 32.3. The molecule has 2 fully saturated rings. The Morgan fingerprint density at radius 2 is 1.72 bits per heavy atom. The number of carbonyl (C=O) groups is 1. The summed E-state index contributed by atoms with van der Waals surface area (Å²) in [5.41, 5.74) is 1.75. The first kappa shape index (κ1) is 27.0. The maximum atomic E-state index is 13.8. The van der Waals surface area contributed by atoms with E-state index in [1.54, 1.807) is 54.6 Å². The first-order chi connectivity index (χ1) is 18.7. The second-order valence-corrected chi connectivity index (χ2v) is 12.3. The zero-order valence-corrected chi connectivity index (χ0v) is 22.8. The van der Waals surface area contributed by atoms with Crippen molar-refractivity contribution in [3.05, 3.63) is 66.4 Å². The molecule has 2 aromatic carbocycles. The summed E-state index contributed by atoms with van der Waals surface area (Å²) in [7, 11) is -3.69. The van der Waals surface area contributed by atoms with Gasteiger partial charge in [0.15, 0.2) is 15.7 Å². The number of sulfone groups is 1. The van der Waals surface area contributed by atoms with Gasteiger partial charge in [-0.2, -0.15) is 0 Å². The van der Waals surface area contributed by atoms with Crippen LogP contribution in [0.2, 0.25) is 0 Å². The Morgan fingerprint density at radius 3 is 2.33 bits per heavy atom. The van der Waals surface area contributed by atoms with E-state index in [1.807, 2.05) is 6.07 Å². The average Bonchev–Trinajstić information content (AvgIpc) is 3.76. The molecular weight excluding hydrogens is 518 g/mol. The van der Waals surface area contributed by atoms with E-state index in [9.17, 15) is 13.2 Å². The van der Waals surface area contributed by atoms with Gasteiger partial charge >= 0.3 is 6.03 Å². The molecule has 2 unspecified atom stereocenters. The van der Waals surface area contributed by atoms with E-state index in [4.69, 9.17) is 19.8 Å². The molecule has 2 aliphatic rings. The number of nitrogens with zero attached hydrogens (tertiary/aromatic N) is 3. The zero-order valence-electron chi connectivity index (χ0n) is 22.0. The fourth-order valence-corrected chi connectivity index (χ4v) is 7.02. The van der Waals surface area contributed by atoms with Gasteiger partial charge in [0.2, 0.25) is 0 Å². The molecule has 1 aliphatic carbocycles. The number of rotatable bonds is 8. The molecule has 3 aromatic rings. The van der Waals surface area contributed by atoms with Crippen molar-refractivity contribution in [2.45, 2.75) is 48.4 Å². The van der Waals surface area contributed by atoms with Crippen LogP contribution in [0, 0.1) is 0 Å². The Bertz CT molecular complexity index is 1420. The van der Waals surface area contributed by atoms with Crippen LogP contribution in [0.1, 0.15) is 32.4 Å². The summed E-state index contributed by atoms with van der Waals surface area (Å²) in [6.45, 7) is 5.22. The van der Waals surface area contributed by atoms with E-state index in [-0.39, 0.29) is 30.1 Å². The van der Waals surface area contributed by atoms with E-state index < -0.39 is 20.6 Å². The summed E-state index contributed by atoms with van der Waals surface area (Å²) >= 11 is 0. The molecule has 2 atom stereocenters. The van der Waals surface area contributed by atoms with E-state index in [2.05, 4.69) is 29.4 Å². The second kappa shape index (κ2) is 10.9. The number of morpholine rings is 1. The summed E-state index contributed by atoms with van der Waals surface area (Å²) in [5.74, 6) is 1.08. The number of anilines is 2. The van der Waals surface area contributed by atoms with E-state index in [1.165, 1.54) is 0 Å². The molecule has 1 aromatic heterocycles. The third-order valence-corrected chi connectivity index (χ3v) is 9.72. The lowest BCUT2D eigenvalue weighted by Gasteiger charge is -2.40. The Labute approximate surface area is 228 Å². The van der Waals surface area contributed by atoms with Gasteiger partial charge in [0.05, 0.1) is 42.5 Å². The Hall–Kier alpha value is -3.54. The molecule has 2 heterocycles. The summed E-state index contributed by atoms with van der Waals surface area (Å²) in [5, 5.41) is 14.1. The third kappa shape index (κ3) is 5.34. The van der Waals surface area contributed by atoms with Crippen molar-refractivity contribution in [1.82, 2.24) is 15.3 Å². The lowest BCUT2D eigenvalue weighted by atomic mass is 10.1. The van der Waals surface area contributed by atoms with Crippen molar-refractivity contribution in [3.63, 3.8) is 0 Å². The van der Waals surface area contributed by atoms with Gasteiger partial charge in [0, 0.05) is 23.9 Å². The number of hydrogen-bond acceptors (Lipinski definition) is 8. The van der Waals surface area contributed by atoms with E-state index in [0.717, 1.165) is 0 Å². The number of benzene rings is 2. The average molecular weight is 552 g/mol. The van der Waals surface area contributed by atoms with Crippen LogP contribution in [0.15, 0.2) is 65.6 Å². The number of aliphatic hydroxyl groups excluding tert-OH is 1. The van der Waals surface area contributed by atoms with Gasteiger partial charge in [-0.15, -0.1) is 0 Å². The minimum Gasteiger partial charge on any atom is -0.395 e. The molecule has 1 aliphatic heterocycles. The highest BCUT2D eigenvalue weighted by Crippen LogP contribution is 2.55. The van der Waals surface area contributed by atoms with Crippen molar-refractivity contribution in [3.8, 4) is 11.4 Å². The molecule has 10 nitrogen and oxygen atoms in total. The number of aliphatic hydroxyl groups is 1. The molecular formula is C28H33N5O5S. The van der Waals surface area contributed by atoms with Crippen LogP contribution in [-0.4, -0.2) is 68.0 Å². The lowest BCUT2D eigenvalue weighted by Crippen LogP contribution is -2.50. The van der Waals surface area contributed by atoms with Crippen LogP contribution < -0.4 is 15.5 Å². The topological polar surface area (TPSA) is 134 Å². The highest BCUT2D eigenvalue weighted by atomic mass is 32.2. The minimum atomic E-state index is -3.69. The highest BCUT2D eigenvalue weighted by Gasteiger charge is 2.58. The molecule has 1 saturated carbocycles. The predicted octanol–water partition coefficient (Wildman–Crippen LogP) is 3.33. The fourth-order valence-electron chi connectivity index (χ4n) is 5.03. The monoisotopic (exact) mass is 551 g/mol. The first-order valence-electron chi connectivity index (χ1n) is 13.1. The van der Waals surface area contributed by atoms with Crippen molar-refractivity contribution >= 4 is 27.4 Å². The molecule has 5 rings (SSSR count). The van der Waals surface area contributed by atoms with Crippen LogP contribution in [0.3, 0.4) is 0 Å². The van der Waals surface area contributed by atoms with Crippen LogP contribution >= 0.6 is 0 Å². The van der Waals surface area contributed by atoms with Crippen molar-refractivity contribution in [2.24, 2.45) is 0 Å². The van der Waals surface area contributed by atoms with Crippen LogP contribution in [-0.2, 0) is 19.3 Å².